The molecule has 3 rings (SSSR count). The van der Waals surface area contributed by atoms with Crippen LogP contribution in [-0.2, 0) is 26.1 Å². The third-order valence-electron chi connectivity index (χ3n) is 4.00. The van der Waals surface area contributed by atoms with Gasteiger partial charge < -0.3 is 14.8 Å². The standard InChI is InChI=1S/C16H21FN6/c1-18-16(22(2)11-12-5-7-13(17)8-6-12)19-10-15-21-20-14-4-3-9-23(14)15/h5-8H,3-4,9-11H2,1-2H3,(H,18,19). The van der Waals surface area contributed by atoms with Crippen LogP contribution >= 0.6 is 0 Å². The Hall–Kier alpha value is -2.44. The Morgan fingerprint density at radius 2 is 2.13 bits per heavy atom. The second-order valence-electron chi connectivity index (χ2n) is 5.67. The number of nitrogens with zero attached hydrogens (tertiary/aromatic N) is 5. The molecule has 0 atom stereocenters. The van der Waals surface area contributed by atoms with Gasteiger partial charge in [-0.25, -0.2) is 4.39 Å². The number of rotatable bonds is 4. The van der Waals surface area contributed by atoms with Crippen molar-refractivity contribution in [2.75, 3.05) is 14.1 Å². The molecule has 0 bridgehead atoms. The van der Waals surface area contributed by atoms with E-state index in [2.05, 4.69) is 25.1 Å². The van der Waals surface area contributed by atoms with Gasteiger partial charge in [0.25, 0.3) is 0 Å². The molecule has 0 unspecified atom stereocenters. The SMILES string of the molecule is CN=C(NCc1nnc2n1CCC2)N(C)Cc1ccc(F)cc1. The summed E-state index contributed by atoms with van der Waals surface area (Å²) in [5.74, 6) is 2.55. The molecule has 122 valence electrons. The van der Waals surface area contributed by atoms with Crippen molar-refractivity contribution < 1.29 is 4.39 Å². The molecular formula is C16H21FN6. The Morgan fingerprint density at radius 1 is 1.35 bits per heavy atom. The minimum Gasteiger partial charge on any atom is -0.349 e. The molecule has 0 fully saturated rings. The average Bonchev–Trinajstić information content (AvgIpc) is 3.14. The number of halogens is 1. The van der Waals surface area contributed by atoms with Crippen LogP contribution in [0.2, 0.25) is 0 Å². The molecule has 0 amide bonds. The second-order valence-corrected chi connectivity index (χ2v) is 5.67. The van der Waals surface area contributed by atoms with Gasteiger partial charge in [0.15, 0.2) is 11.8 Å². The maximum absolute atomic E-state index is 13.0. The Labute approximate surface area is 135 Å². The first-order valence-electron chi connectivity index (χ1n) is 7.74. The van der Waals surface area contributed by atoms with Crippen LogP contribution in [-0.4, -0.2) is 39.7 Å². The molecule has 0 saturated carbocycles. The number of guanidine groups is 1. The van der Waals surface area contributed by atoms with E-state index in [1.165, 1.54) is 12.1 Å². The number of aromatic nitrogens is 3. The zero-order chi connectivity index (χ0) is 16.2. The Bertz CT molecular complexity index is 691. The molecule has 0 aliphatic carbocycles. The zero-order valence-electron chi connectivity index (χ0n) is 13.5. The third-order valence-corrected chi connectivity index (χ3v) is 4.00. The molecule has 0 spiro atoms. The summed E-state index contributed by atoms with van der Waals surface area (Å²) in [5.41, 5.74) is 1.03. The highest BCUT2D eigenvalue weighted by molar-refractivity contribution is 5.79. The van der Waals surface area contributed by atoms with E-state index < -0.39 is 0 Å². The fraction of sp³-hybridized carbons (Fsp3) is 0.438. The summed E-state index contributed by atoms with van der Waals surface area (Å²) >= 11 is 0. The number of aliphatic imine (C=N–C) groups is 1. The molecule has 1 aliphatic heterocycles. The first-order valence-corrected chi connectivity index (χ1v) is 7.74. The largest absolute Gasteiger partial charge is 0.349 e. The van der Waals surface area contributed by atoms with Crippen LogP contribution in [0.1, 0.15) is 23.6 Å². The van der Waals surface area contributed by atoms with Crippen LogP contribution in [0.5, 0.6) is 0 Å². The maximum Gasteiger partial charge on any atom is 0.194 e. The van der Waals surface area contributed by atoms with Gasteiger partial charge in [-0.1, -0.05) is 12.1 Å². The van der Waals surface area contributed by atoms with Crippen molar-refractivity contribution in [3.63, 3.8) is 0 Å². The summed E-state index contributed by atoms with van der Waals surface area (Å²) in [5, 5.41) is 11.7. The van der Waals surface area contributed by atoms with Gasteiger partial charge in [-0.05, 0) is 24.1 Å². The van der Waals surface area contributed by atoms with Gasteiger partial charge in [-0.2, -0.15) is 0 Å². The molecule has 2 aromatic rings. The highest BCUT2D eigenvalue weighted by Crippen LogP contribution is 2.13. The van der Waals surface area contributed by atoms with Crippen LogP contribution in [0.4, 0.5) is 4.39 Å². The number of aryl methyl sites for hydroxylation is 1. The summed E-state index contributed by atoms with van der Waals surface area (Å²) in [7, 11) is 3.70. The van der Waals surface area contributed by atoms with E-state index in [1.54, 1.807) is 19.2 Å². The minimum absolute atomic E-state index is 0.223. The van der Waals surface area contributed by atoms with E-state index in [0.717, 1.165) is 42.6 Å². The van der Waals surface area contributed by atoms with E-state index in [0.29, 0.717) is 13.1 Å². The van der Waals surface area contributed by atoms with Gasteiger partial charge in [0.1, 0.15) is 11.6 Å². The molecule has 6 nitrogen and oxygen atoms in total. The second kappa shape index (κ2) is 6.76. The molecule has 1 aromatic carbocycles. The van der Waals surface area contributed by atoms with Crippen LogP contribution in [0, 0.1) is 5.82 Å². The minimum atomic E-state index is -0.223. The lowest BCUT2D eigenvalue weighted by molar-refractivity contribution is 0.473. The van der Waals surface area contributed by atoms with Gasteiger partial charge in [-0.3, -0.25) is 4.99 Å². The van der Waals surface area contributed by atoms with Gasteiger partial charge in [-0.15, -0.1) is 10.2 Å². The topological polar surface area (TPSA) is 58.3 Å². The van der Waals surface area contributed by atoms with Gasteiger partial charge in [0.05, 0.1) is 6.54 Å². The van der Waals surface area contributed by atoms with Crippen LogP contribution in [0.25, 0.3) is 0 Å². The van der Waals surface area contributed by atoms with Crippen molar-refractivity contribution in [3.8, 4) is 0 Å². The lowest BCUT2D eigenvalue weighted by atomic mass is 10.2. The van der Waals surface area contributed by atoms with E-state index in [9.17, 15) is 4.39 Å². The van der Waals surface area contributed by atoms with Crippen molar-refractivity contribution >= 4 is 5.96 Å². The highest BCUT2D eigenvalue weighted by atomic mass is 19.1. The Balaban J connectivity index is 1.59. The van der Waals surface area contributed by atoms with Gasteiger partial charge >= 0.3 is 0 Å². The number of nitrogens with one attached hydrogen (secondary N) is 1. The summed E-state index contributed by atoms with van der Waals surface area (Å²) < 4.78 is 15.1. The highest BCUT2D eigenvalue weighted by Gasteiger charge is 2.17. The Morgan fingerprint density at radius 3 is 2.87 bits per heavy atom. The summed E-state index contributed by atoms with van der Waals surface area (Å²) in [6, 6.07) is 6.51. The Kier molecular flexibility index (Phi) is 4.55. The molecule has 23 heavy (non-hydrogen) atoms. The number of benzene rings is 1. The smallest absolute Gasteiger partial charge is 0.194 e. The van der Waals surface area contributed by atoms with E-state index >= 15 is 0 Å². The van der Waals surface area contributed by atoms with Crippen molar-refractivity contribution in [2.24, 2.45) is 4.99 Å². The summed E-state index contributed by atoms with van der Waals surface area (Å²) in [6.45, 7) is 2.23. The molecule has 1 N–H and O–H groups in total. The lowest BCUT2D eigenvalue weighted by Crippen LogP contribution is -2.38. The lowest BCUT2D eigenvalue weighted by Gasteiger charge is -2.22. The van der Waals surface area contributed by atoms with Crippen molar-refractivity contribution in [2.45, 2.75) is 32.5 Å². The molecule has 0 saturated heterocycles. The third kappa shape index (κ3) is 3.49. The molecule has 1 aliphatic rings. The normalized spacial score (nSPS) is 14.0. The number of hydrogen-bond donors (Lipinski definition) is 1. The molecule has 7 heteroatoms. The zero-order valence-corrected chi connectivity index (χ0v) is 13.5. The van der Waals surface area contributed by atoms with Crippen molar-refractivity contribution in [1.29, 1.82) is 0 Å². The van der Waals surface area contributed by atoms with Gasteiger partial charge in [0, 0.05) is 33.6 Å². The quantitative estimate of drug-likeness (QED) is 0.687. The van der Waals surface area contributed by atoms with Gasteiger partial charge in [0.2, 0.25) is 0 Å². The van der Waals surface area contributed by atoms with Crippen molar-refractivity contribution in [1.82, 2.24) is 25.0 Å². The predicted octanol–water partition coefficient (Wildman–Crippen LogP) is 1.57. The van der Waals surface area contributed by atoms with Crippen LogP contribution in [0.3, 0.4) is 0 Å². The van der Waals surface area contributed by atoms with Crippen molar-refractivity contribution in [3.05, 3.63) is 47.3 Å². The number of fused-ring (bicyclic) bond motifs is 1. The van der Waals surface area contributed by atoms with E-state index in [1.807, 2.05) is 11.9 Å². The monoisotopic (exact) mass is 316 g/mol. The molecule has 1 aromatic heterocycles. The maximum atomic E-state index is 13.0. The summed E-state index contributed by atoms with van der Waals surface area (Å²) in [4.78, 5) is 6.29. The first-order chi connectivity index (χ1) is 11.2. The summed E-state index contributed by atoms with van der Waals surface area (Å²) in [6.07, 6.45) is 2.14. The number of hydrogen-bond acceptors (Lipinski definition) is 3. The predicted molar refractivity (Wildman–Crippen MR) is 86.4 cm³/mol. The molecular weight excluding hydrogens is 295 g/mol. The first kappa shape index (κ1) is 15.5. The van der Waals surface area contributed by atoms with E-state index in [4.69, 9.17) is 0 Å². The fourth-order valence-corrected chi connectivity index (χ4v) is 2.82. The van der Waals surface area contributed by atoms with E-state index in [-0.39, 0.29) is 5.82 Å². The fourth-order valence-electron chi connectivity index (χ4n) is 2.82. The average molecular weight is 316 g/mol. The molecule has 0 radical (unpaired) electrons. The molecule has 2 heterocycles. The van der Waals surface area contributed by atoms with Crippen LogP contribution < -0.4 is 5.32 Å². The van der Waals surface area contributed by atoms with Crippen LogP contribution in [0.15, 0.2) is 29.3 Å².